The van der Waals surface area contributed by atoms with Crippen LogP contribution in [0.5, 0.6) is 0 Å². The van der Waals surface area contributed by atoms with Crippen LogP contribution in [0.3, 0.4) is 0 Å². The second-order valence-corrected chi connectivity index (χ2v) is 16.0. The van der Waals surface area contributed by atoms with Gasteiger partial charge in [0.05, 0.1) is 24.0 Å². The summed E-state index contributed by atoms with van der Waals surface area (Å²) < 4.78 is 2.77. The maximum Gasteiger partial charge on any atom is 0.116 e. The number of hydrogen-bond donors (Lipinski definition) is 0. The van der Waals surface area contributed by atoms with Gasteiger partial charge in [0.25, 0.3) is 0 Å². The molecule has 0 aliphatic carbocycles. The maximum atomic E-state index is 4.78. The molecule has 4 heteroatoms. The van der Waals surface area contributed by atoms with E-state index in [1.165, 1.54) is 47.8 Å². The fourth-order valence-corrected chi connectivity index (χ4v) is 8.02. The lowest BCUT2D eigenvalue weighted by molar-refractivity contribution is 0.876. The zero-order valence-corrected chi connectivity index (χ0v) is 20.6. The predicted molar refractivity (Wildman–Crippen MR) is 132 cm³/mol. The van der Waals surface area contributed by atoms with E-state index < -0.39 is 8.07 Å². The Morgan fingerprint density at radius 3 is 2.24 bits per heavy atom. The van der Waals surface area contributed by atoms with Gasteiger partial charge < -0.3 is 0 Å². The molecule has 150 valence electrons. The van der Waals surface area contributed by atoms with Crippen molar-refractivity contribution in [2.45, 2.75) is 60.2 Å². The standard InChI is InChI=1S/C25H30N2SSi/c1-14(2)20-12-19(11-18-9-15(3)16(4)10-21(18)20)23-24-22(26-13-27-23)17(5)25(28-24)29(6,7)8/h9-14H,1-8H3. The van der Waals surface area contributed by atoms with Crippen molar-refractivity contribution in [3.63, 3.8) is 0 Å². The first-order chi connectivity index (χ1) is 13.6. The number of rotatable bonds is 3. The minimum Gasteiger partial charge on any atom is -0.235 e. The van der Waals surface area contributed by atoms with E-state index in [4.69, 9.17) is 4.98 Å². The Hall–Kier alpha value is -2.04. The zero-order chi connectivity index (χ0) is 21.1. The second-order valence-electron chi connectivity index (χ2n) is 9.58. The van der Waals surface area contributed by atoms with Crippen molar-refractivity contribution in [2.75, 3.05) is 0 Å². The Morgan fingerprint density at radius 2 is 1.59 bits per heavy atom. The molecule has 0 amide bonds. The minimum atomic E-state index is -1.42. The van der Waals surface area contributed by atoms with Crippen molar-refractivity contribution in [1.29, 1.82) is 0 Å². The number of nitrogens with zero attached hydrogens (tertiary/aromatic N) is 2. The molecule has 0 aliphatic heterocycles. The normalized spacial score (nSPS) is 12.4. The van der Waals surface area contributed by atoms with Crippen LogP contribution >= 0.6 is 11.3 Å². The predicted octanol–water partition coefficient (Wildman–Crippen LogP) is 7.11. The van der Waals surface area contributed by atoms with Gasteiger partial charge >= 0.3 is 0 Å². The third-order valence-electron chi connectivity index (χ3n) is 5.88. The van der Waals surface area contributed by atoms with E-state index in [1.54, 1.807) is 6.33 Å². The van der Waals surface area contributed by atoms with Gasteiger partial charge in [0.15, 0.2) is 0 Å². The monoisotopic (exact) mass is 418 g/mol. The molecule has 2 aromatic heterocycles. The fourth-order valence-electron chi connectivity index (χ4n) is 4.22. The molecule has 4 aromatic rings. The first-order valence-corrected chi connectivity index (χ1v) is 14.7. The Balaban J connectivity index is 2.05. The first kappa shape index (κ1) is 20.2. The van der Waals surface area contributed by atoms with Crippen LogP contribution in [0.25, 0.3) is 32.2 Å². The summed E-state index contributed by atoms with van der Waals surface area (Å²) in [5.41, 5.74) is 8.85. The van der Waals surface area contributed by atoms with Crippen LogP contribution in [-0.2, 0) is 0 Å². The van der Waals surface area contributed by atoms with E-state index in [-0.39, 0.29) is 0 Å². The van der Waals surface area contributed by atoms with Gasteiger partial charge in [-0.25, -0.2) is 9.97 Å². The van der Waals surface area contributed by atoms with Gasteiger partial charge in [-0.05, 0) is 76.3 Å². The summed E-state index contributed by atoms with van der Waals surface area (Å²) in [4.78, 5) is 9.44. The van der Waals surface area contributed by atoms with Crippen LogP contribution < -0.4 is 4.50 Å². The third-order valence-corrected chi connectivity index (χ3v) is 10.9. The van der Waals surface area contributed by atoms with E-state index in [0.29, 0.717) is 5.92 Å². The van der Waals surface area contributed by atoms with Crippen molar-refractivity contribution in [2.24, 2.45) is 0 Å². The number of aromatic nitrogens is 2. The van der Waals surface area contributed by atoms with E-state index >= 15 is 0 Å². The number of aryl methyl sites for hydroxylation is 3. The van der Waals surface area contributed by atoms with Crippen LogP contribution in [0.1, 0.15) is 42.0 Å². The number of benzene rings is 2. The Kier molecular flexibility index (Phi) is 4.91. The summed E-state index contributed by atoms with van der Waals surface area (Å²) in [5, 5.41) is 2.67. The van der Waals surface area contributed by atoms with Crippen molar-refractivity contribution in [3.05, 3.63) is 52.8 Å². The highest BCUT2D eigenvalue weighted by Gasteiger charge is 2.25. The zero-order valence-electron chi connectivity index (χ0n) is 18.8. The molecule has 0 atom stereocenters. The molecule has 0 radical (unpaired) electrons. The first-order valence-electron chi connectivity index (χ1n) is 10.4. The summed E-state index contributed by atoms with van der Waals surface area (Å²) in [6.45, 7) is 18.4. The van der Waals surface area contributed by atoms with Gasteiger partial charge in [-0.1, -0.05) is 45.6 Å². The summed E-state index contributed by atoms with van der Waals surface area (Å²) in [7, 11) is -1.42. The van der Waals surface area contributed by atoms with E-state index in [1.807, 2.05) is 11.3 Å². The van der Waals surface area contributed by atoms with Crippen LogP contribution in [0.4, 0.5) is 0 Å². The molecule has 4 rings (SSSR count). The lowest BCUT2D eigenvalue weighted by Gasteiger charge is -2.15. The van der Waals surface area contributed by atoms with Gasteiger partial charge in [0.1, 0.15) is 6.33 Å². The summed E-state index contributed by atoms with van der Waals surface area (Å²) in [6, 6.07) is 9.34. The fraction of sp³-hybridized carbons (Fsp3) is 0.360. The van der Waals surface area contributed by atoms with E-state index in [2.05, 4.69) is 83.5 Å². The van der Waals surface area contributed by atoms with Crippen LogP contribution in [0.2, 0.25) is 19.6 Å². The highest BCUT2D eigenvalue weighted by Crippen LogP contribution is 2.37. The average Bonchev–Trinajstić information content (AvgIpc) is 2.99. The summed E-state index contributed by atoms with van der Waals surface area (Å²) in [5.74, 6) is 0.458. The van der Waals surface area contributed by atoms with Crippen molar-refractivity contribution in [1.82, 2.24) is 9.97 Å². The molecule has 0 N–H and O–H groups in total. The Morgan fingerprint density at radius 1 is 0.897 bits per heavy atom. The quantitative estimate of drug-likeness (QED) is 0.331. The molecule has 2 nitrogen and oxygen atoms in total. The number of hydrogen-bond acceptors (Lipinski definition) is 3. The highest BCUT2D eigenvalue weighted by atomic mass is 32.1. The molecule has 0 saturated heterocycles. The molecule has 0 saturated carbocycles. The molecule has 0 spiro atoms. The summed E-state index contributed by atoms with van der Waals surface area (Å²) in [6.07, 6.45) is 1.74. The topological polar surface area (TPSA) is 25.8 Å². The van der Waals surface area contributed by atoms with Crippen LogP contribution in [0, 0.1) is 20.8 Å². The SMILES string of the molecule is Cc1cc2cc(-c3ncnc4c(C)c([Si](C)(C)C)sc34)cc(C(C)C)c2cc1C. The molecule has 29 heavy (non-hydrogen) atoms. The number of fused-ring (bicyclic) bond motifs is 2. The highest BCUT2D eigenvalue weighted by molar-refractivity contribution is 7.32. The van der Waals surface area contributed by atoms with Gasteiger partial charge in [-0.2, -0.15) is 0 Å². The molecule has 0 unspecified atom stereocenters. The van der Waals surface area contributed by atoms with Crippen molar-refractivity contribution in [3.8, 4) is 11.3 Å². The molecule has 2 heterocycles. The third kappa shape index (κ3) is 3.42. The smallest absolute Gasteiger partial charge is 0.116 e. The van der Waals surface area contributed by atoms with Crippen LogP contribution in [0.15, 0.2) is 30.6 Å². The Bertz CT molecular complexity index is 1250. The molecule has 0 bridgehead atoms. The van der Waals surface area contributed by atoms with Crippen molar-refractivity contribution >= 4 is 44.9 Å². The Labute approximate surface area is 179 Å². The second kappa shape index (κ2) is 7.03. The average molecular weight is 419 g/mol. The minimum absolute atomic E-state index is 0.458. The molecular formula is C25H30N2SSi. The molecule has 0 fully saturated rings. The van der Waals surface area contributed by atoms with Gasteiger partial charge in [0.2, 0.25) is 0 Å². The molecular weight excluding hydrogens is 388 g/mol. The van der Waals surface area contributed by atoms with Crippen molar-refractivity contribution < 1.29 is 0 Å². The van der Waals surface area contributed by atoms with Gasteiger partial charge in [-0.3, -0.25) is 0 Å². The molecule has 0 aliphatic rings. The lowest BCUT2D eigenvalue weighted by atomic mass is 9.90. The van der Waals surface area contributed by atoms with Crippen LogP contribution in [-0.4, -0.2) is 18.0 Å². The number of thiophene rings is 1. The van der Waals surface area contributed by atoms with Gasteiger partial charge in [-0.15, -0.1) is 11.3 Å². The maximum absolute atomic E-state index is 4.78. The summed E-state index contributed by atoms with van der Waals surface area (Å²) >= 11 is 1.91. The lowest BCUT2D eigenvalue weighted by Crippen LogP contribution is -2.36. The largest absolute Gasteiger partial charge is 0.235 e. The van der Waals surface area contributed by atoms with Gasteiger partial charge in [0, 0.05) is 5.56 Å². The molecule has 2 aromatic carbocycles. The van der Waals surface area contributed by atoms with E-state index in [0.717, 1.165) is 11.2 Å². The van der Waals surface area contributed by atoms with E-state index in [9.17, 15) is 0 Å².